The SMILES string of the molecule is Cl.O=C(OC1CCCN(c2ccccc2)C1)c1ccc(-c2ccc(Cl)cc2)cc1. The highest BCUT2D eigenvalue weighted by Crippen LogP contribution is 2.24. The lowest BCUT2D eigenvalue weighted by molar-refractivity contribution is 0.0270. The molecule has 0 aromatic heterocycles. The average molecular weight is 428 g/mol. The molecule has 3 aromatic rings. The number of para-hydroxylation sites is 1. The van der Waals surface area contributed by atoms with Gasteiger partial charge in [-0.1, -0.05) is 54.1 Å². The van der Waals surface area contributed by atoms with Crippen LogP contribution >= 0.6 is 24.0 Å². The zero-order valence-electron chi connectivity index (χ0n) is 16.0. The Kier molecular flexibility index (Phi) is 7.18. The number of esters is 1. The Morgan fingerprint density at radius 1 is 0.897 bits per heavy atom. The molecule has 1 heterocycles. The maximum Gasteiger partial charge on any atom is 0.338 e. The van der Waals surface area contributed by atoms with E-state index in [-0.39, 0.29) is 24.5 Å². The molecule has 1 saturated heterocycles. The van der Waals surface area contributed by atoms with E-state index in [1.54, 1.807) is 0 Å². The van der Waals surface area contributed by atoms with Crippen LogP contribution in [-0.4, -0.2) is 25.2 Å². The first-order chi connectivity index (χ1) is 13.7. The Labute approximate surface area is 182 Å². The molecule has 1 aliphatic heterocycles. The molecular formula is C24H23Cl2NO2. The number of ether oxygens (including phenoxy) is 1. The van der Waals surface area contributed by atoms with Crippen molar-refractivity contribution in [3.63, 3.8) is 0 Å². The first-order valence-corrected chi connectivity index (χ1v) is 9.94. The molecule has 0 radical (unpaired) electrons. The monoisotopic (exact) mass is 427 g/mol. The van der Waals surface area contributed by atoms with E-state index >= 15 is 0 Å². The lowest BCUT2D eigenvalue weighted by Gasteiger charge is -2.34. The van der Waals surface area contributed by atoms with Crippen molar-refractivity contribution in [1.29, 1.82) is 0 Å². The number of hydrogen-bond acceptors (Lipinski definition) is 3. The van der Waals surface area contributed by atoms with Crippen LogP contribution in [0.25, 0.3) is 11.1 Å². The molecule has 29 heavy (non-hydrogen) atoms. The molecule has 5 heteroatoms. The smallest absolute Gasteiger partial charge is 0.338 e. The number of anilines is 1. The molecular weight excluding hydrogens is 405 g/mol. The van der Waals surface area contributed by atoms with Gasteiger partial charge in [-0.05, 0) is 60.4 Å². The highest BCUT2D eigenvalue weighted by atomic mass is 35.5. The van der Waals surface area contributed by atoms with Gasteiger partial charge in [0.25, 0.3) is 0 Å². The maximum absolute atomic E-state index is 12.6. The Balaban J connectivity index is 0.00000240. The second-order valence-electron chi connectivity index (χ2n) is 7.04. The van der Waals surface area contributed by atoms with E-state index in [9.17, 15) is 4.79 Å². The zero-order valence-corrected chi connectivity index (χ0v) is 17.5. The molecule has 0 saturated carbocycles. The Morgan fingerprint density at radius 2 is 1.52 bits per heavy atom. The van der Waals surface area contributed by atoms with Crippen molar-refractivity contribution >= 4 is 35.7 Å². The third kappa shape index (κ3) is 5.31. The van der Waals surface area contributed by atoms with Crippen LogP contribution in [0.3, 0.4) is 0 Å². The fourth-order valence-electron chi connectivity index (χ4n) is 3.57. The summed E-state index contributed by atoms with van der Waals surface area (Å²) in [4.78, 5) is 14.9. The highest BCUT2D eigenvalue weighted by Gasteiger charge is 2.23. The number of carbonyl (C=O) groups is 1. The predicted octanol–water partition coefficient (Wildman–Crippen LogP) is 6.25. The van der Waals surface area contributed by atoms with Crippen molar-refractivity contribution in [2.75, 3.05) is 18.0 Å². The summed E-state index contributed by atoms with van der Waals surface area (Å²) in [7, 11) is 0. The summed E-state index contributed by atoms with van der Waals surface area (Å²) < 4.78 is 5.79. The third-order valence-corrected chi connectivity index (χ3v) is 5.32. The van der Waals surface area contributed by atoms with Crippen LogP contribution in [0.15, 0.2) is 78.9 Å². The van der Waals surface area contributed by atoms with Crippen molar-refractivity contribution in [3.8, 4) is 11.1 Å². The van der Waals surface area contributed by atoms with E-state index in [2.05, 4.69) is 17.0 Å². The summed E-state index contributed by atoms with van der Waals surface area (Å²) in [6, 6.07) is 25.5. The van der Waals surface area contributed by atoms with Crippen LogP contribution in [0.2, 0.25) is 5.02 Å². The summed E-state index contributed by atoms with van der Waals surface area (Å²) in [6.07, 6.45) is 1.83. The number of halogens is 2. The number of rotatable bonds is 4. The summed E-state index contributed by atoms with van der Waals surface area (Å²) >= 11 is 5.94. The van der Waals surface area contributed by atoms with Gasteiger partial charge in [-0.2, -0.15) is 0 Å². The van der Waals surface area contributed by atoms with Gasteiger partial charge in [-0.3, -0.25) is 0 Å². The summed E-state index contributed by atoms with van der Waals surface area (Å²) in [5.74, 6) is -0.262. The molecule has 3 aromatic carbocycles. The molecule has 4 rings (SSSR count). The van der Waals surface area contributed by atoms with Gasteiger partial charge >= 0.3 is 5.97 Å². The number of hydrogen-bond donors (Lipinski definition) is 0. The van der Waals surface area contributed by atoms with E-state index < -0.39 is 0 Å². The summed E-state index contributed by atoms with van der Waals surface area (Å²) in [6.45, 7) is 1.73. The van der Waals surface area contributed by atoms with E-state index in [0.29, 0.717) is 10.6 Å². The summed E-state index contributed by atoms with van der Waals surface area (Å²) in [5, 5.41) is 0.709. The van der Waals surface area contributed by atoms with Crippen LogP contribution in [-0.2, 0) is 4.74 Å². The Bertz CT molecular complexity index is 927. The largest absolute Gasteiger partial charge is 0.457 e. The number of piperidine rings is 1. The molecule has 0 spiro atoms. The number of nitrogens with zero attached hydrogens (tertiary/aromatic N) is 1. The third-order valence-electron chi connectivity index (χ3n) is 5.07. The van der Waals surface area contributed by atoms with Crippen molar-refractivity contribution in [2.24, 2.45) is 0 Å². The number of carbonyl (C=O) groups excluding carboxylic acids is 1. The first-order valence-electron chi connectivity index (χ1n) is 9.56. The molecule has 0 bridgehead atoms. The standard InChI is InChI=1S/C24H22ClNO2.ClH/c25-21-14-12-19(13-15-21)18-8-10-20(11-9-18)24(27)28-23-7-4-16-26(17-23)22-5-2-1-3-6-22;/h1-3,5-6,8-15,23H,4,7,16-17H2;1H. The van der Waals surface area contributed by atoms with Crippen molar-refractivity contribution in [3.05, 3.63) is 89.4 Å². The van der Waals surface area contributed by atoms with Gasteiger partial charge in [0.1, 0.15) is 6.10 Å². The van der Waals surface area contributed by atoms with Gasteiger partial charge in [0.2, 0.25) is 0 Å². The van der Waals surface area contributed by atoms with Gasteiger partial charge in [0, 0.05) is 17.3 Å². The second-order valence-corrected chi connectivity index (χ2v) is 7.47. The maximum atomic E-state index is 12.6. The van der Waals surface area contributed by atoms with E-state index in [0.717, 1.165) is 37.1 Å². The second kappa shape index (κ2) is 9.82. The number of benzene rings is 3. The molecule has 0 amide bonds. The molecule has 1 atom stereocenters. The van der Waals surface area contributed by atoms with Gasteiger partial charge in [-0.25, -0.2) is 4.79 Å². The molecule has 1 aliphatic rings. The average Bonchev–Trinajstić information content (AvgIpc) is 2.75. The van der Waals surface area contributed by atoms with Gasteiger partial charge < -0.3 is 9.64 Å². The normalized spacial score (nSPS) is 16.0. The molecule has 150 valence electrons. The lowest BCUT2D eigenvalue weighted by atomic mass is 10.0. The van der Waals surface area contributed by atoms with Crippen LogP contribution in [0.1, 0.15) is 23.2 Å². The minimum absolute atomic E-state index is 0. The minimum Gasteiger partial charge on any atom is -0.457 e. The molecule has 0 aliphatic carbocycles. The van der Waals surface area contributed by atoms with Crippen LogP contribution < -0.4 is 4.90 Å². The van der Waals surface area contributed by atoms with Crippen LogP contribution in [0, 0.1) is 0 Å². The Hall–Kier alpha value is -2.49. The zero-order chi connectivity index (χ0) is 19.3. The molecule has 3 nitrogen and oxygen atoms in total. The van der Waals surface area contributed by atoms with Crippen molar-refractivity contribution in [1.82, 2.24) is 0 Å². The molecule has 1 fully saturated rings. The fraction of sp³-hybridized carbons (Fsp3) is 0.208. The van der Waals surface area contributed by atoms with Gasteiger partial charge in [0.15, 0.2) is 0 Å². The molecule has 1 unspecified atom stereocenters. The molecule has 0 N–H and O–H groups in total. The quantitative estimate of drug-likeness (QED) is 0.460. The van der Waals surface area contributed by atoms with Crippen molar-refractivity contribution in [2.45, 2.75) is 18.9 Å². The van der Waals surface area contributed by atoms with Gasteiger partial charge in [-0.15, -0.1) is 12.4 Å². The van der Waals surface area contributed by atoms with Gasteiger partial charge in [0.05, 0.1) is 12.1 Å². The lowest BCUT2D eigenvalue weighted by Crippen LogP contribution is -2.40. The highest BCUT2D eigenvalue weighted by molar-refractivity contribution is 6.30. The summed E-state index contributed by atoms with van der Waals surface area (Å²) in [5.41, 5.74) is 3.86. The predicted molar refractivity (Wildman–Crippen MR) is 121 cm³/mol. The Morgan fingerprint density at radius 3 is 2.17 bits per heavy atom. The van der Waals surface area contributed by atoms with Crippen molar-refractivity contribution < 1.29 is 9.53 Å². The van der Waals surface area contributed by atoms with Crippen LogP contribution in [0.5, 0.6) is 0 Å². The van der Waals surface area contributed by atoms with E-state index in [1.807, 2.05) is 66.7 Å². The van der Waals surface area contributed by atoms with E-state index in [4.69, 9.17) is 16.3 Å². The first kappa shape index (κ1) is 21.2. The minimum atomic E-state index is -0.262. The topological polar surface area (TPSA) is 29.5 Å². The fourth-order valence-corrected chi connectivity index (χ4v) is 3.69. The van der Waals surface area contributed by atoms with E-state index in [1.165, 1.54) is 5.69 Å². The van der Waals surface area contributed by atoms with Crippen LogP contribution in [0.4, 0.5) is 5.69 Å².